The van der Waals surface area contributed by atoms with Crippen LogP contribution >= 0.6 is 0 Å². The highest BCUT2D eigenvalue weighted by Gasteiger charge is 2.21. The molecule has 0 bridgehead atoms. The quantitative estimate of drug-likeness (QED) is 0.765. The number of hydrogen-bond acceptors (Lipinski definition) is 2. The lowest BCUT2D eigenvalue weighted by molar-refractivity contribution is 0.112. The highest BCUT2D eigenvalue weighted by atomic mass is 16.1. The van der Waals surface area contributed by atoms with Gasteiger partial charge in [0.2, 0.25) is 0 Å². The maximum Gasteiger partial charge on any atom is 0.150 e. The van der Waals surface area contributed by atoms with Crippen molar-refractivity contribution in [2.75, 3.05) is 11.4 Å². The Morgan fingerprint density at radius 2 is 1.89 bits per heavy atom. The summed E-state index contributed by atoms with van der Waals surface area (Å²) in [6.07, 6.45) is 1.93. The van der Waals surface area contributed by atoms with Crippen molar-refractivity contribution in [3.05, 3.63) is 65.2 Å². The van der Waals surface area contributed by atoms with Crippen molar-refractivity contribution in [2.24, 2.45) is 0 Å². The number of nitrogens with zero attached hydrogens (tertiary/aromatic N) is 1. The molecular formula is C16H15NO. The average Bonchev–Trinajstić information content (AvgIpc) is 2.83. The molecule has 90 valence electrons. The minimum Gasteiger partial charge on any atom is -0.367 e. The number of carbonyl (C=O) groups is 1. The van der Waals surface area contributed by atoms with Crippen LogP contribution in [-0.2, 0) is 13.0 Å². The van der Waals surface area contributed by atoms with Crippen molar-refractivity contribution >= 4 is 12.0 Å². The Morgan fingerprint density at radius 1 is 1.06 bits per heavy atom. The summed E-state index contributed by atoms with van der Waals surface area (Å²) in [5.41, 5.74) is 4.55. The van der Waals surface area contributed by atoms with Crippen LogP contribution in [0.5, 0.6) is 0 Å². The van der Waals surface area contributed by atoms with E-state index in [2.05, 4.69) is 35.2 Å². The maximum absolute atomic E-state index is 11.0. The van der Waals surface area contributed by atoms with Crippen LogP contribution in [0.15, 0.2) is 48.5 Å². The fraction of sp³-hybridized carbons (Fsp3) is 0.188. The zero-order valence-corrected chi connectivity index (χ0v) is 10.2. The van der Waals surface area contributed by atoms with Gasteiger partial charge in [0, 0.05) is 24.3 Å². The Balaban J connectivity index is 1.89. The molecule has 3 rings (SSSR count). The summed E-state index contributed by atoms with van der Waals surface area (Å²) in [5.74, 6) is 0. The molecule has 0 unspecified atom stereocenters. The SMILES string of the molecule is O=Cc1cccc2c1CCN2Cc1ccccc1. The lowest BCUT2D eigenvalue weighted by Crippen LogP contribution is -2.19. The first-order valence-corrected chi connectivity index (χ1v) is 6.24. The first-order valence-electron chi connectivity index (χ1n) is 6.24. The molecule has 0 N–H and O–H groups in total. The molecule has 0 aromatic heterocycles. The molecular weight excluding hydrogens is 222 g/mol. The van der Waals surface area contributed by atoms with Gasteiger partial charge >= 0.3 is 0 Å². The van der Waals surface area contributed by atoms with E-state index in [0.717, 1.165) is 31.4 Å². The molecule has 18 heavy (non-hydrogen) atoms. The molecule has 1 heterocycles. The predicted octanol–water partition coefficient (Wildman–Crippen LogP) is 3.06. The normalized spacial score (nSPS) is 13.4. The number of aldehydes is 1. The molecule has 0 atom stereocenters. The zero-order valence-electron chi connectivity index (χ0n) is 10.2. The van der Waals surface area contributed by atoms with Crippen molar-refractivity contribution in [3.63, 3.8) is 0 Å². The molecule has 0 spiro atoms. The molecule has 0 fully saturated rings. The number of hydrogen-bond donors (Lipinski definition) is 0. The largest absolute Gasteiger partial charge is 0.367 e. The Bertz CT molecular complexity index is 563. The van der Waals surface area contributed by atoms with E-state index in [-0.39, 0.29) is 0 Å². The molecule has 0 radical (unpaired) electrons. The maximum atomic E-state index is 11.0. The standard InChI is InChI=1S/C16H15NO/c18-12-14-7-4-8-16-15(14)9-10-17(16)11-13-5-2-1-3-6-13/h1-8,12H,9-11H2. The summed E-state index contributed by atoms with van der Waals surface area (Å²) in [4.78, 5) is 13.4. The van der Waals surface area contributed by atoms with E-state index >= 15 is 0 Å². The van der Waals surface area contributed by atoms with Gasteiger partial charge in [-0.05, 0) is 23.6 Å². The lowest BCUT2D eigenvalue weighted by Gasteiger charge is -2.19. The third-order valence-corrected chi connectivity index (χ3v) is 3.50. The number of anilines is 1. The van der Waals surface area contributed by atoms with E-state index < -0.39 is 0 Å². The van der Waals surface area contributed by atoms with Gasteiger partial charge in [0.15, 0.2) is 0 Å². The number of benzene rings is 2. The van der Waals surface area contributed by atoms with Crippen LogP contribution in [0.2, 0.25) is 0 Å². The van der Waals surface area contributed by atoms with Crippen molar-refractivity contribution in [2.45, 2.75) is 13.0 Å². The van der Waals surface area contributed by atoms with Crippen molar-refractivity contribution in [1.82, 2.24) is 0 Å². The molecule has 2 heteroatoms. The minimum atomic E-state index is 0.836. The number of rotatable bonds is 3. The first-order chi connectivity index (χ1) is 8.88. The van der Waals surface area contributed by atoms with Crippen LogP contribution in [0.25, 0.3) is 0 Å². The van der Waals surface area contributed by atoms with Gasteiger partial charge in [-0.15, -0.1) is 0 Å². The Labute approximate surface area is 107 Å². The lowest BCUT2D eigenvalue weighted by atomic mass is 10.1. The van der Waals surface area contributed by atoms with E-state index in [1.807, 2.05) is 18.2 Å². The van der Waals surface area contributed by atoms with E-state index in [9.17, 15) is 4.79 Å². The van der Waals surface area contributed by atoms with Gasteiger partial charge in [-0.2, -0.15) is 0 Å². The molecule has 1 aliphatic rings. The van der Waals surface area contributed by atoms with E-state index in [1.165, 1.54) is 16.8 Å². The van der Waals surface area contributed by atoms with Gasteiger partial charge < -0.3 is 4.90 Å². The second-order valence-electron chi connectivity index (χ2n) is 4.62. The summed E-state index contributed by atoms with van der Waals surface area (Å²) in [7, 11) is 0. The van der Waals surface area contributed by atoms with Crippen LogP contribution in [0.3, 0.4) is 0 Å². The van der Waals surface area contributed by atoms with E-state index in [4.69, 9.17) is 0 Å². The number of carbonyl (C=O) groups excluding carboxylic acids is 1. The third-order valence-electron chi connectivity index (χ3n) is 3.50. The Kier molecular flexibility index (Phi) is 2.85. The smallest absolute Gasteiger partial charge is 0.150 e. The van der Waals surface area contributed by atoms with Crippen LogP contribution < -0.4 is 4.90 Å². The Hall–Kier alpha value is -2.09. The monoisotopic (exact) mass is 237 g/mol. The molecule has 0 saturated heterocycles. The second-order valence-corrected chi connectivity index (χ2v) is 4.62. The highest BCUT2D eigenvalue weighted by molar-refractivity contribution is 5.82. The molecule has 0 aliphatic carbocycles. The summed E-state index contributed by atoms with van der Waals surface area (Å²) in [5, 5.41) is 0. The molecule has 0 saturated carbocycles. The molecule has 2 nitrogen and oxygen atoms in total. The van der Waals surface area contributed by atoms with Gasteiger partial charge in [0.1, 0.15) is 6.29 Å². The van der Waals surface area contributed by atoms with Crippen LogP contribution in [0.1, 0.15) is 21.5 Å². The highest BCUT2D eigenvalue weighted by Crippen LogP contribution is 2.31. The summed E-state index contributed by atoms with van der Waals surface area (Å²) in [6.45, 7) is 1.91. The predicted molar refractivity (Wildman–Crippen MR) is 73.0 cm³/mol. The van der Waals surface area contributed by atoms with Crippen molar-refractivity contribution in [1.29, 1.82) is 0 Å². The van der Waals surface area contributed by atoms with Crippen LogP contribution in [-0.4, -0.2) is 12.8 Å². The van der Waals surface area contributed by atoms with Gasteiger partial charge in [0.05, 0.1) is 0 Å². The topological polar surface area (TPSA) is 20.3 Å². The summed E-state index contributed by atoms with van der Waals surface area (Å²) < 4.78 is 0. The first kappa shape index (κ1) is 11.0. The van der Waals surface area contributed by atoms with Crippen molar-refractivity contribution < 1.29 is 4.79 Å². The molecule has 2 aromatic rings. The fourth-order valence-electron chi connectivity index (χ4n) is 2.61. The zero-order chi connectivity index (χ0) is 12.4. The molecule has 1 aliphatic heterocycles. The van der Waals surface area contributed by atoms with E-state index in [1.54, 1.807) is 0 Å². The van der Waals surface area contributed by atoms with Gasteiger partial charge in [0.25, 0.3) is 0 Å². The molecule has 2 aromatic carbocycles. The fourth-order valence-corrected chi connectivity index (χ4v) is 2.61. The molecule has 0 amide bonds. The number of fused-ring (bicyclic) bond motifs is 1. The minimum absolute atomic E-state index is 0.836. The van der Waals surface area contributed by atoms with Crippen LogP contribution in [0, 0.1) is 0 Å². The van der Waals surface area contributed by atoms with Crippen molar-refractivity contribution in [3.8, 4) is 0 Å². The third kappa shape index (κ3) is 1.90. The van der Waals surface area contributed by atoms with Crippen LogP contribution in [0.4, 0.5) is 5.69 Å². The van der Waals surface area contributed by atoms with Gasteiger partial charge in [-0.1, -0.05) is 42.5 Å². The van der Waals surface area contributed by atoms with Gasteiger partial charge in [-0.3, -0.25) is 4.79 Å². The van der Waals surface area contributed by atoms with E-state index in [0.29, 0.717) is 0 Å². The summed E-state index contributed by atoms with van der Waals surface area (Å²) >= 11 is 0. The van der Waals surface area contributed by atoms with Gasteiger partial charge in [-0.25, -0.2) is 0 Å². The Morgan fingerprint density at radius 3 is 2.67 bits per heavy atom. The summed E-state index contributed by atoms with van der Waals surface area (Å²) in [6, 6.07) is 16.4. The average molecular weight is 237 g/mol. The second kappa shape index (κ2) is 4.65.